The van der Waals surface area contributed by atoms with E-state index in [4.69, 9.17) is 18.5 Å². The highest BCUT2D eigenvalue weighted by atomic mass is 31.2. The van der Waals surface area contributed by atoms with Crippen molar-refractivity contribution in [3.8, 4) is 0 Å². The maximum Gasteiger partial charge on any atom is 0.306 e. The van der Waals surface area contributed by atoms with Crippen LogP contribution in [0, 0.1) is 0 Å². The highest BCUT2D eigenvalue weighted by Gasteiger charge is 2.20. The topological polar surface area (TPSA) is 94.1 Å². The van der Waals surface area contributed by atoms with Crippen LogP contribution in [-0.2, 0) is 27.9 Å². The van der Waals surface area contributed by atoms with Crippen molar-refractivity contribution in [2.45, 2.75) is 225 Å². The van der Waals surface area contributed by atoms with Gasteiger partial charge in [-0.15, -0.1) is 0 Å². The summed E-state index contributed by atoms with van der Waals surface area (Å²) < 4.78 is 34.6. The van der Waals surface area contributed by atoms with Gasteiger partial charge in [0.05, 0.1) is 34.4 Å². The van der Waals surface area contributed by atoms with Crippen LogP contribution in [0.1, 0.15) is 219 Å². The number of quaternary nitrogens is 1. The van der Waals surface area contributed by atoms with E-state index in [1.54, 1.807) is 0 Å². The van der Waals surface area contributed by atoms with Gasteiger partial charge in [-0.3, -0.25) is 9.36 Å². The first kappa shape index (κ1) is 52.5. The van der Waals surface area contributed by atoms with E-state index in [0.717, 1.165) is 32.1 Å². The summed E-state index contributed by atoms with van der Waals surface area (Å²) in [5.41, 5.74) is 0. The molecular formula is C44H90NO7P. The average Bonchev–Trinajstić information content (AvgIpc) is 3.11. The van der Waals surface area contributed by atoms with Crippen molar-refractivity contribution in [2.75, 3.05) is 54.1 Å². The molecule has 53 heavy (non-hydrogen) atoms. The lowest BCUT2D eigenvalue weighted by Gasteiger charge is -2.28. The summed E-state index contributed by atoms with van der Waals surface area (Å²) in [5.74, 6) is -0.329. The van der Waals surface area contributed by atoms with Crippen molar-refractivity contribution in [3.63, 3.8) is 0 Å². The van der Waals surface area contributed by atoms with Gasteiger partial charge in [-0.05, 0) is 12.8 Å². The fraction of sp³-hybridized carbons (Fsp3) is 0.977. The van der Waals surface area contributed by atoms with Crippen LogP contribution in [0.15, 0.2) is 0 Å². The molecule has 0 rings (SSSR count). The van der Waals surface area contributed by atoms with Gasteiger partial charge < -0.3 is 27.9 Å². The zero-order valence-electron chi connectivity index (χ0n) is 36.0. The lowest BCUT2D eigenvalue weighted by molar-refractivity contribution is -0.870. The van der Waals surface area contributed by atoms with Crippen LogP contribution < -0.4 is 4.89 Å². The Kier molecular flexibility index (Phi) is 38.0. The first-order valence-corrected chi connectivity index (χ1v) is 24.2. The molecule has 0 N–H and O–H groups in total. The van der Waals surface area contributed by atoms with Gasteiger partial charge >= 0.3 is 5.97 Å². The molecule has 0 heterocycles. The van der Waals surface area contributed by atoms with Crippen molar-refractivity contribution in [2.24, 2.45) is 0 Å². The van der Waals surface area contributed by atoms with E-state index < -0.39 is 13.9 Å². The largest absolute Gasteiger partial charge is 0.756 e. The molecule has 0 radical (unpaired) electrons. The molecule has 8 nitrogen and oxygen atoms in total. The third-order valence-electron chi connectivity index (χ3n) is 10.2. The summed E-state index contributed by atoms with van der Waals surface area (Å²) >= 11 is 0. The molecule has 0 bridgehead atoms. The molecule has 318 valence electrons. The predicted octanol–water partition coefficient (Wildman–Crippen LogP) is 12.6. The van der Waals surface area contributed by atoms with E-state index in [2.05, 4.69) is 13.8 Å². The number of ether oxygens (including phenoxy) is 2. The minimum Gasteiger partial charge on any atom is -0.756 e. The van der Waals surface area contributed by atoms with Gasteiger partial charge in [0.2, 0.25) is 0 Å². The quantitative estimate of drug-likeness (QED) is 0.0263. The highest BCUT2D eigenvalue weighted by molar-refractivity contribution is 7.45. The third kappa shape index (κ3) is 42.5. The molecule has 0 fully saturated rings. The van der Waals surface area contributed by atoms with E-state index in [1.165, 1.54) is 167 Å². The van der Waals surface area contributed by atoms with Crippen LogP contribution in [0.2, 0.25) is 0 Å². The summed E-state index contributed by atoms with van der Waals surface area (Å²) in [4.78, 5) is 25.0. The Morgan fingerprint density at radius 1 is 0.509 bits per heavy atom. The van der Waals surface area contributed by atoms with Crippen molar-refractivity contribution in [1.82, 2.24) is 0 Å². The van der Waals surface area contributed by atoms with Crippen molar-refractivity contribution in [1.29, 1.82) is 0 Å². The van der Waals surface area contributed by atoms with Gasteiger partial charge in [0.1, 0.15) is 19.3 Å². The normalized spacial score (nSPS) is 13.7. The lowest BCUT2D eigenvalue weighted by atomic mass is 10.0. The Morgan fingerprint density at radius 3 is 1.25 bits per heavy atom. The van der Waals surface area contributed by atoms with Gasteiger partial charge in [0.25, 0.3) is 7.82 Å². The van der Waals surface area contributed by atoms with E-state index in [9.17, 15) is 14.3 Å². The van der Waals surface area contributed by atoms with E-state index in [1.807, 2.05) is 21.1 Å². The number of likely N-dealkylation sites (N-methyl/N-ethyl adjacent to an activating group) is 1. The maximum atomic E-state index is 12.7. The summed E-state index contributed by atoms with van der Waals surface area (Å²) in [6.07, 6.45) is 39.7. The molecule has 0 spiro atoms. The Bertz CT molecular complexity index is 822. The minimum atomic E-state index is -4.51. The number of carbonyl (C=O) groups excluding carboxylic acids is 1. The van der Waals surface area contributed by atoms with Crippen LogP contribution in [-0.4, -0.2) is 70.7 Å². The molecule has 0 aliphatic rings. The molecule has 0 aromatic carbocycles. The van der Waals surface area contributed by atoms with Crippen LogP contribution >= 0.6 is 7.82 Å². The molecule has 0 saturated carbocycles. The molecular weight excluding hydrogens is 685 g/mol. The lowest BCUT2D eigenvalue weighted by Crippen LogP contribution is -2.37. The Morgan fingerprint density at radius 2 is 0.868 bits per heavy atom. The maximum absolute atomic E-state index is 12.7. The van der Waals surface area contributed by atoms with E-state index in [0.29, 0.717) is 24.1 Å². The van der Waals surface area contributed by atoms with Crippen LogP contribution in [0.4, 0.5) is 0 Å². The number of carbonyl (C=O) groups is 1. The van der Waals surface area contributed by atoms with Crippen LogP contribution in [0.25, 0.3) is 0 Å². The second-order valence-corrected chi connectivity index (χ2v) is 18.2. The van der Waals surface area contributed by atoms with Crippen molar-refractivity contribution in [3.05, 3.63) is 0 Å². The summed E-state index contributed by atoms with van der Waals surface area (Å²) in [6.45, 7) is 5.47. The van der Waals surface area contributed by atoms with E-state index >= 15 is 0 Å². The second kappa shape index (κ2) is 38.4. The molecule has 0 aromatic heterocycles. The molecule has 9 heteroatoms. The zero-order valence-corrected chi connectivity index (χ0v) is 36.9. The number of phosphoric ester groups is 1. The number of hydrogen-bond donors (Lipinski definition) is 0. The van der Waals surface area contributed by atoms with Crippen molar-refractivity contribution < 1.29 is 37.3 Å². The molecule has 0 aliphatic carbocycles. The van der Waals surface area contributed by atoms with Gasteiger partial charge in [0, 0.05) is 13.0 Å². The standard InChI is InChI=1S/C44H90NO7P/c1-6-8-10-12-14-16-18-20-21-22-23-24-26-28-30-32-34-36-39-49-41-43(42-51-53(47,48)50-40-38-45(3,4)5)52-44(46)37-35-33-31-29-27-25-19-17-15-13-11-9-7-2/h43H,6-42H2,1-5H3/t43-/m1/s1. The first-order valence-electron chi connectivity index (χ1n) is 22.8. The number of rotatable bonds is 43. The van der Waals surface area contributed by atoms with Crippen molar-refractivity contribution >= 4 is 13.8 Å². The van der Waals surface area contributed by atoms with E-state index in [-0.39, 0.29) is 25.8 Å². The monoisotopic (exact) mass is 776 g/mol. The predicted molar refractivity (Wildman–Crippen MR) is 222 cm³/mol. The molecule has 0 saturated heterocycles. The SMILES string of the molecule is CCCCCCCCCCCCCCCCCCCCOC[C@H](COP(=O)([O-])OCC[N+](C)(C)C)OC(=O)CCCCCCCCCCCCCCC. The number of hydrogen-bond acceptors (Lipinski definition) is 7. The Hall–Kier alpha value is -0.500. The fourth-order valence-electron chi connectivity index (χ4n) is 6.61. The fourth-order valence-corrected chi connectivity index (χ4v) is 7.34. The number of unbranched alkanes of at least 4 members (excludes halogenated alkanes) is 29. The number of phosphoric acid groups is 1. The van der Waals surface area contributed by atoms with Crippen LogP contribution in [0.5, 0.6) is 0 Å². The van der Waals surface area contributed by atoms with Gasteiger partial charge in [-0.25, -0.2) is 0 Å². The number of nitrogens with zero attached hydrogens (tertiary/aromatic N) is 1. The average molecular weight is 776 g/mol. The molecule has 2 atom stereocenters. The summed E-state index contributed by atoms with van der Waals surface area (Å²) in [6, 6.07) is 0. The van der Waals surface area contributed by atoms with Gasteiger partial charge in [-0.2, -0.15) is 0 Å². The summed E-state index contributed by atoms with van der Waals surface area (Å²) in [7, 11) is 1.37. The zero-order chi connectivity index (χ0) is 39.1. The highest BCUT2D eigenvalue weighted by Crippen LogP contribution is 2.38. The smallest absolute Gasteiger partial charge is 0.306 e. The minimum absolute atomic E-state index is 0.0314. The second-order valence-electron chi connectivity index (χ2n) is 16.8. The molecule has 0 aliphatic heterocycles. The van der Waals surface area contributed by atoms with Crippen LogP contribution in [0.3, 0.4) is 0 Å². The third-order valence-corrected chi connectivity index (χ3v) is 11.1. The Labute approximate surface area is 329 Å². The summed E-state index contributed by atoms with van der Waals surface area (Å²) in [5, 5.41) is 0. The Balaban J connectivity index is 4.14. The first-order chi connectivity index (χ1) is 25.6. The molecule has 0 amide bonds. The van der Waals surface area contributed by atoms with Gasteiger partial charge in [-0.1, -0.05) is 200 Å². The molecule has 1 unspecified atom stereocenters. The number of esters is 1. The van der Waals surface area contributed by atoms with Gasteiger partial charge in [0.15, 0.2) is 0 Å². The molecule has 0 aromatic rings.